The van der Waals surface area contributed by atoms with Gasteiger partial charge in [0.25, 0.3) is 0 Å². The van der Waals surface area contributed by atoms with Gasteiger partial charge in [0.1, 0.15) is 0 Å². The van der Waals surface area contributed by atoms with Gasteiger partial charge in [0.05, 0.1) is 12.4 Å². The molecule has 0 aromatic rings. The van der Waals surface area contributed by atoms with E-state index in [1.807, 2.05) is 0 Å². The summed E-state index contributed by atoms with van der Waals surface area (Å²) in [5.41, 5.74) is -0.611. The fraction of sp³-hybridized carbons (Fsp3) is 1.00. The Morgan fingerprint density at radius 1 is 1.50 bits per heavy atom. The van der Waals surface area contributed by atoms with Gasteiger partial charge in [-0.05, 0) is 12.8 Å². The van der Waals surface area contributed by atoms with Crippen LogP contribution in [0, 0.1) is 5.41 Å². The van der Waals surface area contributed by atoms with Crippen molar-refractivity contribution in [2.24, 2.45) is 5.41 Å². The van der Waals surface area contributed by atoms with Crippen molar-refractivity contribution in [3.8, 4) is 0 Å². The van der Waals surface area contributed by atoms with Gasteiger partial charge in [-0.25, -0.2) is 8.42 Å². The van der Waals surface area contributed by atoms with Crippen LogP contribution in [0.1, 0.15) is 12.8 Å². The van der Waals surface area contributed by atoms with Gasteiger partial charge in [-0.3, -0.25) is 4.39 Å². The van der Waals surface area contributed by atoms with E-state index in [1.54, 1.807) is 0 Å². The van der Waals surface area contributed by atoms with Crippen LogP contribution in [0.5, 0.6) is 0 Å². The van der Waals surface area contributed by atoms with E-state index in [1.165, 1.54) is 0 Å². The second kappa shape index (κ2) is 2.34. The summed E-state index contributed by atoms with van der Waals surface area (Å²) in [7, 11) is 1.44. The monoisotopic (exact) mass is 186 g/mol. The molecular weight excluding hydrogens is 179 g/mol. The van der Waals surface area contributed by atoms with E-state index in [0.717, 1.165) is 0 Å². The lowest BCUT2D eigenvalue weighted by molar-refractivity contribution is 0.368. The normalized spacial score (nSPS) is 22.6. The van der Waals surface area contributed by atoms with Gasteiger partial charge in [-0.1, -0.05) is 0 Å². The smallest absolute Gasteiger partial charge is 0.233 e. The van der Waals surface area contributed by atoms with Crippen molar-refractivity contribution < 1.29 is 12.8 Å². The second-order valence-electron chi connectivity index (χ2n) is 2.82. The molecule has 0 bridgehead atoms. The van der Waals surface area contributed by atoms with Crippen LogP contribution < -0.4 is 0 Å². The maximum atomic E-state index is 12.0. The standard InChI is InChI=1S/C5H8ClFO2S/c6-10(8,9)4-5(3-7)1-2-5/h1-4H2. The third-order valence-corrected chi connectivity index (χ3v) is 3.00. The van der Waals surface area contributed by atoms with Crippen molar-refractivity contribution in [1.82, 2.24) is 0 Å². The zero-order valence-electron chi connectivity index (χ0n) is 5.31. The Morgan fingerprint density at radius 2 is 2.00 bits per heavy atom. The molecule has 2 nitrogen and oxygen atoms in total. The van der Waals surface area contributed by atoms with Crippen molar-refractivity contribution in [2.75, 3.05) is 12.4 Å². The minimum Gasteiger partial charge on any atom is -0.250 e. The lowest BCUT2D eigenvalue weighted by atomic mass is 10.2. The van der Waals surface area contributed by atoms with Gasteiger partial charge in [0.15, 0.2) is 0 Å². The van der Waals surface area contributed by atoms with Crippen LogP contribution in [0.3, 0.4) is 0 Å². The Balaban J connectivity index is 2.54. The molecule has 1 saturated carbocycles. The maximum Gasteiger partial charge on any atom is 0.233 e. The molecule has 1 aliphatic carbocycles. The molecule has 10 heavy (non-hydrogen) atoms. The Labute approximate surface area is 63.8 Å². The molecule has 0 aliphatic heterocycles. The first-order valence-electron chi connectivity index (χ1n) is 2.96. The van der Waals surface area contributed by atoms with Gasteiger partial charge >= 0.3 is 0 Å². The first-order valence-corrected chi connectivity index (χ1v) is 5.44. The Kier molecular flexibility index (Phi) is 1.94. The first-order chi connectivity index (χ1) is 4.47. The largest absolute Gasteiger partial charge is 0.250 e. The highest BCUT2D eigenvalue weighted by Crippen LogP contribution is 2.47. The van der Waals surface area contributed by atoms with E-state index < -0.39 is 21.1 Å². The van der Waals surface area contributed by atoms with Crippen LogP contribution in [0.15, 0.2) is 0 Å². The Hall–Kier alpha value is 0.170. The zero-order valence-corrected chi connectivity index (χ0v) is 6.88. The predicted molar refractivity (Wildman–Crippen MR) is 37.3 cm³/mol. The summed E-state index contributed by atoms with van der Waals surface area (Å²) in [5, 5.41) is 0. The van der Waals surface area contributed by atoms with Crippen LogP contribution >= 0.6 is 10.7 Å². The summed E-state index contributed by atoms with van der Waals surface area (Å²) >= 11 is 0. The molecule has 5 heteroatoms. The number of hydrogen-bond acceptors (Lipinski definition) is 2. The average molecular weight is 187 g/mol. The summed E-state index contributed by atoms with van der Waals surface area (Å²) in [6.07, 6.45) is 1.30. The molecule has 0 amide bonds. The molecule has 1 aliphatic rings. The average Bonchev–Trinajstić information content (AvgIpc) is 2.45. The third-order valence-electron chi connectivity index (χ3n) is 1.72. The molecule has 0 atom stereocenters. The van der Waals surface area contributed by atoms with Gasteiger partial charge in [0.2, 0.25) is 9.05 Å². The zero-order chi connectivity index (χ0) is 7.83. The molecule has 0 unspecified atom stereocenters. The van der Waals surface area contributed by atoms with Crippen molar-refractivity contribution in [2.45, 2.75) is 12.8 Å². The van der Waals surface area contributed by atoms with Crippen molar-refractivity contribution in [1.29, 1.82) is 0 Å². The summed E-state index contributed by atoms with van der Waals surface area (Å²) in [6.45, 7) is -0.570. The van der Waals surface area contributed by atoms with E-state index in [0.29, 0.717) is 12.8 Å². The van der Waals surface area contributed by atoms with E-state index in [4.69, 9.17) is 10.7 Å². The van der Waals surface area contributed by atoms with Gasteiger partial charge in [-0.2, -0.15) is 0 Å². The van der Waals surface area contributed by atoms with E-state index in [-0.39, 0.29) is 5.75 Å². The quantitative estimate of drug-likeness (QED) is 0.623. The summed E-state index contributed by atoms with van der Waals surface area (Å²) in [6, 6.07) is 0. The lowest BCUT2D eigenvalue weighted by Crippen LogP contribution is -2.14. The second-order valence-corrected chi connectivity index (χ2v) is 5.59. The van der Waals surface area contributed by atoms with Crippen LogP contribution in [0.2, 0.25) is 0 Å². The number of halogens is 2. The highest BCUT2D eigenvalue weighted by Gasteiger charge is 2.45. The minimum atomic E-state index is -3.50. The van der Waals surface area contributed by atoms with Crippen molar-refractivity contribution >= 4 is 19.7 Å². The van der Waals surface area contributed by atoms with Crippen LogP contribution in [0.4, 0.5) is 4.39 Å². The molecule has 0 N–H and O–H groups in total. The summed E-state index contributed by atoms with van der Waals surface area (Å²) in [4.78, 5) is 0. The molecular formula is C5H8ClFO2S. The highest BCUT2D eigenvalue weighted by atomic mass is 35.7. The van der Waals surface area contributed by atoms with Gasteiger partial charge in [-0.15, -0.1) is 0 Å². The maximum absolute atomic E-state index is 12.0. The molecule has 1 rings (SSSR count). The van der Waals surface area contributed by atoms with Crippen LogP contribution in [-0.2, 0) is 9.05 Å². The highest BCUT2D eigenvalue weighted by molar-refractivity contribution is 8.13. The summed E-state index contributed by atoms with van der Waals surface area (Å²) < 4.78 is 32.9. The number of hydrogen-bond donors (Lipinski definition) is 0. The van der Waals surface area contributed by atoms with Crippen LogP contribution in [-0.4, -0.2) is 20.8 Å². The minimum absolute atomic E-state index is 0.210. The molecule has 0 spiro atoms. The Bertz CT molecular complexity index is 220. The SMILES string of the molecule is O=S(=O)(Cl)CC1(CF)CC1. The molecule has 0 radical (unpaired) electrons. The topological polar surface area (TPSA) is 34.1 Å². The first kappa shape index (κ1) is 8.27. The molecule has 0 heterocycles. The molecule has 0 aromatic carbocycles. The lowest BCUT2D eigenvalue weighted by Gasteiger charge is -2.04. The molecule has 0 saturated heterocycles. The predicted octanol–water partition coefficient (Wildman–Crippen LogP) is 1.30. The van der Waals surface area contributed by atoms with E-state index in [9.17, 15) is 12.8 Å². The number of alkyl halides is 1. The Morgan fingerprint density at radius 3 is 2.10 bits per heavy atom. The van der Waals surface area contributed by atoms with Crippen molar-refractivity contribution in [3.05, 3.63) is 0 Å². The fourth-order valence-corrected chi connectivity index (χ4v) is 2.65. The molecule has 1 fully saturated rings. The van der Waals surface area contributed by atoms with Crippen LogP contribution in [0.25, 0.3) is 0 Å². The fourth-order valence-electron chi connectivity index (χ4n) is 0.859. The molecule has 0 aromatic heterocycles. The third kappa shape index (κ3) is 2.09. The van der Waals surface area contributed by atoms with Gasteiger partial charge in [0, 0.05) is 16.1 Å². The van der Waals surface area contributed by atoms with Crippen molar-refractivity contribution in [3.63, 3.8) is 0 Å². The number of rotatable bonds is 3. The summed E-state index contributed by atoms with van der Waals surface area (Å²) in [5.74, 6) is -0.210. The van der Waals surface area contributed by atoms with E-state index in [2.05, 4.69) is 0 Å². The van der Waals surface area contributed by atoms with Gasteiger partial charge < -0.3 is 0 Å². The molecule has 60 valence electrons. The van der Waals surface area contributed by atoms with E-state index >= 15 is 0 Å².